The number of rotatable bonds is 53. The average molecular weight is 1060 g/mol. The Labute approximate surface area is 457 Å². The number of hydrogen-bond donors (Lipinski definition) is 3. The van der Waals surface area contributed by atoms with Gasteiger partial charge in [0.2, 0.25) is 0 Å². The van der Waals surface area contributed by atoms with Crippen LogP contribution in [0, 0.1) is 0 Å². The van der Waals surface area contributed by atoms with Crippen molar-refractivity contribution in [1.29, 1.82) is 0 Å². The van der Waals surface area contributed by atoms with Crippen LogP contribution in [0.15, 0.2) is 36.5 Å². The summed E-state index contributed by atoms with van der Waals surface area (Å²) in [5.41, 5.74) is 0. The number of carbonyl (C=O) groups is 4. The Kier molecular flexibility index (Phi) is 48.2. The molecule has 0 radical (unpaired) electrons. The quantitative estimate of drug-likeness (QED) is 0.0228. The Balaban J connectivity index is 2.65. The molecule has 1 rings (SSSR count). The molecular formula is C63H112O12. The molecule has 0 amide bonds. The number of unbranched alkanes of at least 4 members (excludes halogenated alkanes) is 33. The maximum Gasteiger partial charge on any atom is 0.335 e. The summed E-state index contributed by atoms with van der Waals surface area (Å²) in [6.07, 6.45) is 48.2. The van der Waals surface area contributed by atoms with Crippen molar-refractivity contribution in [3.8, 4) is 0 Å². The molecule has 0 aromatic carbocycles. The third-order valence-corrected chi connectivity index (χ3v) is 14.2. The predicted octanol–water partition coefficient (Wildman–Crippen LogP) is 16.0. The zero-order valence-corrected chi connectivity index (χ0v) is 48.1. The van der Waals surface area contributed by atoms with Crippen molar-refractivity contribution in [3.63, 3.8) is 0 Å². The summed E-state index contributed by atoms with van der Waals surface area (Å²) >= 11 is 0. The highest BCUT2D eigenvalue weighted by atomic mass is 16.7. The van der Waals surface area contributed by atoms with Crippen molar-refractivity contribution in [2.24, 2.45) is 0 Å². The second-order valence-corrected chi connectivity index (χ2v) is 21.3. The van der Waals surface area contributed by atoms with E-state index in [-0.39, 0.29) is 25.9 Å². The summed E-state index contributed by atoms with van der Waals surface area (Å²) in [7, 11) is 0. The number of carboxylic acids is 1. The molecule has 436 valence electrons. The van der Waals surface area contributed by atoms with Crippen molar-refractivity contribution >= 4 is 23.9 Å². The fraction of sp³-hybridized carbons (Fsp3) is 0.841. The van der Waals surface area contributed by atoms with Crippen molar-refractivity contribution in [2.75, 3.05) is 13.2 Å². The molecule has 6 atom stereocenters. The number of aliphatic hydroxyl groups excluding tert-OH is 2. The lowest BCUT2D eigenvalue weighted by Crippen LogP contribution is -2.61. The largest absolute Gasteiger partial charge is 0.479 e. The minimum Gasteiger partial charge on any atom is -0.479 e. The minimum absolute atomic E-state index is 0.0533. The molecule has 0 aromatic heterocycles. The fourth-order valence-corrected chi connectivity index (χ4v) is 9.39. The standard InChI is InChI=1S/C63H112O12/c1-4-7-10-13-16-19-22-25-26-27-28-29-30-33-34-37-40-43-46-49-55(64)71-52-54(73-56(65)50-47-44-41-38-35-31-23-20-17-14-11-8-5-2)53-72-63-61(59(68)58(67)60(75-63)62(69)70)74-57(66)51-48-45-42-39-36-32-24-21-18-15-12-9-6-3/h16,19,21,24-26,54,58-61,63,67-68H,4-15,17-18,20,22-23,27-53H2,1-3H3,(H,69,70)/b19-16-,24-21-,26-25-. The number of carboxylic acid groups (broad SMARTS) is 1. The molecule has 0 spiro atoms. The van der Waals surface area contributed by atoms with Crippen LogP contribution in [-0.4, -0.2) is 89.2 Å². The van der Waals surface area contributed by atoms with Crippen LogP contribution in [0.2, 0.25) is 0 Å². The van der Waals surface area contributed by atoms with Crippen LogP contribution in [0.4, 0.5) is 0 Å². The lowest BCUT2D eigenvalue weighted by Gasteiger charge is -2.40. The van der Waals surface area contributed by atoms with Gasteiger partial charge in [-0.3, -0.25) is 14.4 Å². The average Bonchev–Trinajstić information content (AvgIpc) is 3.39. The molecule has 1 saturated heterocycles. The molecule has 12 nitrogen and oxygen atoms in total. The van der Waals surface area contributed by atoms with Crippen molar-refractivity contribution in [1.82, 2.24) is 0 Å². The third kappa shape index (κ3) is 41.7. The maximum absolute atomic E-state index is 13.1. The number of aliphatic carboxylic acids is 1. The third-order valence-electron chi connectivity index (χ3n) is 14.2. The Morgan fingerprint density at radius 3 is 1.25 bits per heavy atom. The highest BCUT2D eigenvalue weighted by Gasteiger charge is 2.50. The Bertz CT molecular complexity index is 1450. The van der Waals surface area contributed by atoms with Gasteiger partial charge in [-0.2, -0.15) is 0 Å². The van der Waals surface area contributed by atoms with Gasteiger partial charge >= 0.3 is 23.9 Å². The monoisotopic (exact) mass is 1060 g/mol. The van der Waals surface area contributed by atoms with E-state index >= 15 is 0 Å². The Morgan fingerprint density at radius 2 is 0.800 bits per heavy atom. The van der Waals surface area contributed by atoms with E-state index in [2.05, 4.69) is 57.2 Å². The van der Waals surface area contributed by atoms with Crippen LogP contribution in [0.5, 0.6) is 0 Å². The first-order valence-electron chi connectivity index (χ1n) is 31.0. The highest BCUT2D eigenvalue weighted by molar-refractivity contribution is 5.74. The fourth-order valence-electron chi connectivity index (χ4n) is 9.39. The van der Waals surface area contributed by atoms with Crippen molar-refractivity contribution < 1.29 is 58.2 Å². The molecule has 3 N–H and O–H groups in total. The van der Waals surface area contributed by atoms with E-state index in [1.165, 1.54) is 141 Å². The van der Waals surface area contributed by atoms with E-state index < -0.39 is 67.3 Å². The van der Waals surface area contributed by atoms with Crippen LogP contribution in [0.1, 0.15) is 290 Å². The summed E-state index contributed by atoms with van der Waals surface area (Å²) in [5, 5.41) is 31.5. The number of aliphatic hydroxyl groups is 2. The minimum atomic E-state index is -1.90. The van der Waals surface area contributed by atoms with E-state index in [1.54, 1.807) is 0 Å². The topological polar surface area (TPSA) is 175 Å². The Hall–Kier alpha value is -3.06. The van der Waals surface area contributed by atoms with Crippen LogP contribution in [0.3, 0.4) is 0 Å². The number of ether oxygens (including phenoxy) is 5. The van der Waals surface area contributed by atoms with Crippen LogP contribution in [0.25, 0.3) is 0 Å². The molecule has 0 aliphatic carbocycles. The van der Waals surface area contributed by atoms with E-state index in [0.717, 1.165) is 89.9 Å². The van der Waals surface area contributed by atoms with Gasteiger partial charge in [0.05, 0.1) is 6.61 Å². The van der Waals surface area contributed by atoms with Crippen LogP contribution < -0.4 is 0 Å². The van der Waals surface area contributed by atoms with Gasteiger partial charge in [0.15, 0.2) is 24.6 Å². The normalized spacial score (nSPS) is 18.3. The molecule has 75 heavy (non-hydrogen) atoms. The summed E-state index contributed by atoms with van der Waals surface area (Å²) in [4.78, 5) is 51.1. The van der Waals surface area contributed by atoms with E-state index in [9.17, 15) is 34.5 Å². The zero-order chi connectivity index (χ0) is 54.7. The molecule has 12 heteroatoms. The van der Waals surface area contributed by atoms with Gasteiger partial charge < -0.3 is 39.0 Å². The summed E-state index contributed by atoms with van der Waals surface area (Å²) in [6, 6.07) is 0. The first kappa shape index (κ1) is 70.0. The second-order valence-electron chi connectivity index (χ2n) is 21.3. The summed E-state index contributed by atoms with van der Waals surface area (Å²) in [6.45, 7) is 5.97. The van der Waals surface area contributed by atoms with Gasteiger partial charge in [-0.1, -0.05) is 231 Å². The van der Waals surface area contributed by atoms with Crippen molar-refractivity contribution in [3.05, 3.63) is 36.5 Å². The molecular weight excluding hydrogens is 949 g/mol. The smallest absolute Gasteiger partial charge is 0.335 e. The number of carbonyl (C=O) groups excluding carboxylic acids is 3. The molecule has 1 heterocycles. The molecule has 0 bridgehead atoms. The van der Waals surface area contributed by atoms with E-state index in [1.807, 2.05) is 0 Å². The zero-order valence-electron chi connectivity index (χ0n) is 48.1. The lowest BCUT2D eigenvalue weighted by molar-refractivity contribution is -0.301. The van der Waals surface area contributed by atoms with E-state index in [0.29, 0.717) is 19.3 Å². The first-order valence-corrected chi connectivity index (χ1v) is 31.0. The molecule has 1 fully saturated rings. The van der Waals surface area contributed by atoms with Crippen LogP contribution in [-0.2, 0) is 42.9 Å². The molecule has 0 saturated carbocycles. The second kappa shape index (κ2) is 51.7. The number of esters is 3. The molecule has 0 aromatic rings. The van der Waals surface area contributed by atoms with Crippen LogP contribution >= 0.6 is 0 Å². The molecule has 6 unspecified atom stereocenters. The van der Waals surface area contributed by atoms with Gasteiger partial charge in [-0.25, -0.2) is 4.79 Å². The maximum atomic E-state index is 13.1. The van der Waals surface area contributed by atoms with Gasteiger partial charge in [0.1, 0.15) is 18.8 Å². The van der Waals surface area contributed by atoms with Gasteiger partial charge in [0, 0.05) is 19.3 Å². The van der Waals surface area contributed by atoms with Gasteiger partial charge in [0.25, 0.3) is 0 Å². The number of hydrogen-bond acceptors (Lipinski definition) is 11. The van der Waals surface area contributed by atoms with Crippen molar-refractivity contribution in [2.45, 2.75) is 327 Å². The van der Waals surface area contributed by atoms with E-state index in [4.69, 9.17) is 23.7 Å². The lowest BCUT2D eigenvalue weighted by atomic mass is 9.98. The predicted molar refractivity (Wildman–Crippen MR) is 303 cm³/mol. The van der Waals surface area contributed by atoms with Gasteiger partial charge in [-0.05, 0) is 77.0 Å². The number of allylic oxidation sites excluding steroid dienone is 6. The molecule has 1 aliphatic heterocycles. The SMILES string of the molecule is CCCCC/C=C\C/C=C\CCCCCCCCCCCC(=O)OCC(COC1OC(C(=O)O)C(O)C(O)C1OC(=O)CCCCCCC/C=C\CCCCCC)OC(=O)CCCCCCCCCCCCCCC. The van der Waals surface area contributed by atoms with Gasteiger partial charge in [-0.15, -0.1) is 0 Å². The summed E-state index contributed by atoms with van der Waals surface area (Å²) < 4.78 is 28.5. The highest BCUT2D eigenvalue weighted by Crippen LogP contribution is 2.27. The summed E-state index contributed by atoms with van der Waals surface area (Å²) in [5.74, 6) is -3.11. The molecule has 1 aliphatic rings. The Morgan fingerprint density at radius 1 is 0.440 bits per heavy atom. The first-order chi connectivity index (χ1) is 36.6.